The zero-order valence-electron chi connectivity index (χ0n) is 14.9. The number of halogens is 1. The zero-order valence-corrected chi connectivity index (χ0v) is 16.5. The van der Waals surface area contributed by atoms with Crippen molar-refractivity contribution in [3.8, 4) is 22.5 Å². The van der Waals surface area contributed by atoms with Crippen LogP contribution in [-0.4, -0.2) is 21.1 Å². The predicted molar refractivity (Wildman–Crippen MR) is 117 cm³/mol. The van der Waals surface area contributed by atoms with Gasteiger partial charge in [-0.2, -0.15) is 5.10 Å². The lowest BCUT2D eigenvalue weighted by Crippen LogP contribution is -2.13. The van der Waals surface area contributed by atoms with Crippen molar-refractivity contribution in [1.29, 1.82) is 0 Å². The molecule has 5 heteroatoms. The van der Waals surface area contributed by atoms with Gasteiger partial charge in [-0.05, 0) is 17.7 Å². The van der Waals surface area contributed by atoms with E-state index < -0.39 is 0 Å². The molecule has 28 heavy (non-hydrogen) atoms. The van der Waals surface area contributed by atoms with Crippen LogP contribution in [0.3, 0.4) is 0 Å². The van der Waals surface area contributed by atoms with Crippen molar-refractivity contribution < 1.29 is 0 Å². The van der Waals surface area contributed by atoms with Gasteiger partial charge in [-0.15, -0.1) is 0 Å². The molecule has 136 valence electrons. The first-order valence-corrected chi connectivity index (χ1v) is 10.4. The highest BCUT2D eigenvalue weighted by molar-refractivity contribution is 7.99. The van der Waals surface area contributed by atoms with Crippen molar-refractivity contribution in [2.75, 3.05) is 5.75 Å². The fourth-order valence-electron chi connectivity index (χ4n) is 3.30. The molecule has 0 unspecified atom stereocenters. The lowest BCUT2D eigenvalue weighted by Gasteiger charge is -2.15. The number of rotatable bonds is 3. The molecule has 0 saturated heterocycles. The number of thioether (sulfide) groups is 1. The van der Waals surface area contributed by atoms with Crippen LogP contribution in [0.15, 0.2) is 95.2 Å². The Labute approximate surface area is 172 Å². The van der Waals surface area contributed by atoms with Crippen LogP contribution in [0, 0.1) is 0 Å². The van der Waals surface area contributed by atoms with Crippen LogP contribution < -0.4 is 0 Å². The minimum absolute atomic E-state index is 0.729. The van der Waals surface area contributed by atoms with Gasteiger partial charge in [0.1, 0.15) is 5.69 Å². The van der Waals surface area contributed by atoms with E-state index in [0.29, 0.717) is 0 Å². The monoisotopic (exact) mass is 401 g/mol. The van der Waals surface area contributed by atoms with Crippen LogP contribution in [0.5, 0.6) is 0 Å². The van der Waals surface area contributed by atoms with E-state index in [1.807, 2.05) is 65.3 Å². The van der Waals surface area contributed by atoms with Crippen LogP contribution in [0.25, 0.3) is 22.5 Å². The summed E-state index contributed by atoms with van der Waals surface area (Å²) >= 11 is 7.76. The molecule has 1 aromatic heterocycles. The first-order chi connectivity index (χ1) is 13.8. The molecule has 3 nitrogen and oxygen atoms in total. The Hall–Kier alpha value is -2.82. The van der Waals surface area contributed by atoms with Crippen LogP contribution in [-0.2, 0) is 0 Å². The molecule has 0 aliphatic carbocycles. The molecule has 3 aromatic carbocycles. The molecule has 0 amide bonds. The molecule has 0 fully saturated rings. The molecular formula is C23H16ClN3S. The van der Waals surface area contributed by atoms with Gasteiger partial charge in [0.05, 0.1) is 11.4 Å². The SMILES string of the molecule is Clc1ccc(C2=Nn3c(nc(-c4ccccc4)c3-c3ccccc3)SC2)cc1. The molecule has 0 saturated carbocycles. The summed E-state index contributed by atoms with van der Waals surface area (Å²) in [4.78, 5) is 4.94. The zero-order chi connectivity index (χ0) is 18.9. The first-order valence-electron chi connectivity index (χ1n) is 9.00. The third-order valence-electron chi connectivity index (χ3n) is 4.66. The minimum Gasteiger partial charge on any atom is -0.220 e. The molecule has 1 aliphatic rings. The van der Waals surface area contributed by atoms with E-state index >= 15 is 0 Å². The summed E-state index contributed by atoms with van der Waals surface area (Å²) in [6.45, 7) is 0. The fourth-order valence-corrected chi connectivity index (χ4v) is 4.32. The summed E-state index contributed by atoms with van der Waals surface area (Å²) in [7, 11) is 0. The maximum Gasteiger partial charge on any atom is 0.190 e. The Kier molecular flexibility index (Phi) is 4.51. The van der Waals surface area contributed by atoms with Gasteiger partial charge in [-0.3, -0.25) is 0 Å². The van der Waals surface area contributed by atoms with Gasteiger partial charge in [-0.1, -0.05) is 96.2 Å². The van der Waals surface area contributed by atoms with Crippen LogP contribution in [0.4, 0.5) is 0 Å². The second kappa shape index (κ2) is 7.30. The Bertz CT molecular complexity index is 1150. The number of hydrogen-bond acceptors (Lipinski definition) is 3. The summed E-state index contributed by atoms with van der Waals surface area (Å²) < 4.78 is 1.98. The molecule has 0 bridgehead atoms. The third kappa shape index (κ3) is 3.15. The van der Waals surface area contributed by atoms with Gasteiger partial charge in [-0.25, -0.2) is 9.66 Å². The maximum atomic E-state index is 6.05. The average molecular weight is 402 g/mol. The largest absolute Gasteiger partial charge is 0.220 e. The van der Waals surface area contributed by atoms with E-state index in [9.17, 15) is 0 Å². The average Bonchev–Trinajstić information content (AvgIpc) is 3.14. The first kappa shape index (κ1) is 17.3. The van der Waals surface area contributed by atoms with Gasteiger partial charge < -0.3 is 0 Å². The van der Waals surface area contributed by atoms with E-state index in [1.54, 1.807) is 11.8 Å². The highest BCUT2D eigenvalue weighted by atomic mass is 35.5. The van der Waals surface area contributed by atoms with Gasteiger partial charge in [0.25, 0.3) is 0 Å². The quantitative estimate of drug-likeness (QED) is 0.407. The summed E-state index contributed by atoms with van der Waals surface area (Å²) in [6, 6.07) is 28.5. The number of aromatic nitrogens is 2. The molecule has 2 heterocycles. The molecule has 0 N–H and O–H groups in total. The Balaban J connectivity index is 1.71. The highest BCUT2D eigenvalue weighted by Gasteiger charge is 2.24. The Morgan fingerprint density at radius 2 is 1.39 bits per heavy atom. The second-order valence-electron chi connectivity index (χ2n) is 6.48. The van der Waals surface area contributed by atoms with Crippen LogP contribution in [0.2, 0.25) is 5.02 Å². The number of fused-ring (bicyclic) bond motifs is 1. The normalized spacial score (nSPS) is 13.1. The molecule has 1 aliphatic heterocycles. The van der Waals surface area contributed by atoms with Gasteiger partial charge in [0, 0.05) is 21.9 Å². The number of hydrogen-bond donors (Lipinski definition) is 0. The summed E-state index contributed by atoms with van der Waals surface area (Å²) in [5.41, 5.74) is 6.25. The van der Waals surface area contributed by atoms with Crippen molar-refractivity contribution in [3.05, 3.63) is 95.5 Å². The summed E-state index contributed by atoms with van der Waals surface area (Å²) in [5, 5.41) is 6.62. The predicted octanol–water partition coefficient (Wildman–Crippen LogP) is 6.23. The van der Waals surface area contributed by atoms with E-state index in [-0.39, 0.29) is 0 Å². The lowest BCUT2D eigenvalue weighted by atomic mass is 10.1. The number of imidazole rings is 1. The third-order valence-corrected chi connectivity index (χ3v) is 5.85. The van der Waals surface area contributed by atoms with Crippen molar-refractivity contribution in [3.63, 3.8) is 0 Å². The van der Waals surface area contributed by atoms with Crippen LogP contribution >= 0.6 is 23.4 Å². The molecule has 4 aromatic rings. The molecule has 0 atom stereocenters. The number of benzene rings is 3. The molecule has 5 rings (SSSR count). The van der Waals surface area contributed by atoms with E-state index in [1.165, 1.54) is 0 Å². The van der Waals surface area contributed by atoms with Crippen molar-refractivity contribution in [2.45, 2.75) is 5.16 Å². The minimum atomic E-state index is 0.729. The lowest BCUT2D eigenvalue weighted by molar-refractivity contribution is 0.764. The fraction of sp³-hybridized carbons (Fsp3) is 0.0435. The van der Waals surface area contributed by atoms with Gasteiger partial charge in [0.15, 0.2) is 5.16 Å². The van der Waals surface area contributed by atoms with Gasteiger partial charge >= 0.3 is 0 Å². The second-order valence-corrected chi connectivity index (χ2v) is 7.86. The Morgan fingerprint density at radius 1 is 0.750 bits per heavy atom. The topological polar surface area (TPSA) is 30.2 Å². The molecule has 0 radical (unpaired) electrons. The maximum absolute atomic E-state index is 6.05. The smallest absolute Gasteiger partial charge is 0.190 e. The molecule has 0 spiro atoms. The Morgan fingerprint density at radius 3 is 2.07 bits per heavy atom. The standard InChI is InChI=1S/C23H16ClN3S/c24-19-13-11-16(12-14-19)20-15-28-23-25-21(17-7-3-1-4-8-17)22(27(23)26-20)18-9-5-2-6-10-18/h1-14H,15H2. The van der Waals surface area contributed by atoms with Crippen LogP contribution in [0.1, 0.15) is 5.56 Å². The van der Waals surface area contributed by atoms with Crippen molar-refractivity contribution in [2.24, 2.45) is 5.10 Å². The summed E-state index contributed by atoms with van der Waals surface area (Å²) in [5.74, 6) is 0.779. The van der Waals surface area contributed by atoms with Crippen molar-refractivity contribution in [1.82, 2.24) is 9.66 Å². The van der Waals surface area contributed by atoms with E-state index in [2.05, 4.69) is 24.3 Å². The van der Waals surface area contributed by atoms with Crippen molar-refractivity contribution >= 4 is 29.1 Å². The van der Waals surface area contributed by atoms with E-state index in [4.69, 9.17) is 21.7 Å². The van der Waals surface area contributed by atoms with E-state index in [0.717, 1.165) is 49.7 Å². The molecular weight excluding hydrogens is 386 g/mol. The van der Waals surface area contributed by atoms with Gasteiger partial charge in [0.2, 0.25) is 0 Å². The summed E-state index contributed by atoms with van der Waals surface area (Å²) in [6.07, 6.45) is 0. The number of nitrogens with zero attached hydrogens (tertiary/aromatic N) is 3. The highest BCUT2D eigenvalue weighted by Crippen LogP contribution is 2.37.